The van der Waals surface area contributed by atoms with Crippen LogP contribution < -0.4 is 10.5 Å². The van der Waals surface area contributed by atoms with E-state index in [1.54, 1.807) is 7.11 Å². The van der Waals surface area contributed by atoms with Gasteiger partial charge in [0, 0.05) is 43.0 Å². The summed E-state index contributed by atoms with van der Waals surface area (Å²) in [6.07, 6.45) is 5.98. The smallest absolute Gasteiger partial charge is 0.225 e. The number of amides is 1. The summed E-state index contributed by atoms with van der Waals surface area (Å²) in [4.78, 5) is 23.6. The first kappa shape index (κ1) is 22.0. The lowest BCUT2D eigenvalue weighted by Crippen LogP contribution is -2.41. The molecule has 1 amide bonds. The van der Waals surface area contributed by atoms with Crippen LogP contribution in [0.2, 0.25) is 0 Å². The van der Waals surface area contributed by atoms with Gasteiger partial charge in [-0.15, -0.1) is 0 Å². The fourth-order valence-electron chi connectivity index (χ4n) is 4.51. The van der Waals surface area contributed by atoms with E-state index in [0.29, 0.717) is 13.0 Å². The zero-order chi connectivity index (χ0) is 22.6. The van der Waals surface area contributed by atoms with Crippen LogP contribution in [0.15, 0.2) is 60.9 Å². The fraction of sp³-hybridized carbons (Fsp3) is 0.346. The van der Waals surface area contributed by atoms with Gasteiger partial charge in [-0.3, -0.25) is 9.69 Å². The quantitative estimate of drug-likeness (QED) is 0.590. The van der Waals surface area contributed by atoms with Gasteiger partial charge in [-0.25, -0.2) is 9.97 Å². The molecule has 2 aromatic carbocycles. The summed E-state index contributed by atoms with van der Waals surface area (Å²) >= 11 is 0. The molecular weight excluding hydrogens is 400 g/mol. The van der Waals surface area contributed by atoms with Crippen LogP contribution in [-0.4, -0.2) is 41.0 Å². The Kier molecular flexibility index (Phi) is 6.51. The molecule has 0 unspecified atom stereocenters. The van der Waals surface area contributed by atoms with E-state index in [1.165, 1.54) is 0 Å². The number of nitrogens with zero attached hydrogens (tertiary/aromatic N) is 3. The van der Waals surface area contributed by atoms with E-state index in [1.807, 2.05) is 43.6 Å². The highest BCUT2D eigenvalue weighted by atomic mass is 16.5. The van der Waals surface area contributed by atoms with E-state index in [-0.39, 0.29) is 5.91 Å². The average Bonchev–Trinajstić information content (AvgIpc) is 3.23. The largest absolute Gasteiger partial charge is 0.496 e. The molecule has 32 heavy (non-hydrogen) atoms. The van der Waals surface area contributed by atoms with Crippen molar-refractivity contribution in [1.82, 2.24) is 14.9 Å². The van der Waals surface area contributed by atoms with Crippen molar-refractivity contribution in [3.63, 3.8) is 0 Å². The molecule has 2 heterocycles. The van der Waals surface area contributed by atoms with Gasteiger partial charge in [0.15, 0.2) is 0 Å². The Morgan fingerprint density at radius 3 is 2.47 bits per heavy atom. The highest BCUT2D eigenvalue weighted by Crippen LogP contribution is 2.36. The van der Waals surface area contributed by atoms with E-state index >= 15 is 0 Å². The summed E-state index contributed by atoms with van der Waals surface area (Å²) in [5.74, 6) is 1.46. The van der Waals surface area contributed by atoms with E-state index in [2.05, 4.69) is 39.1 Å². The number of hydrogen-bond donors (Lipinski definition) is 1. The van der Waals surface area contributed by atoms with E-state index in [9.17, 15) is 4.79 Å². The molecule has 1 aliphatic rings. The summed E-state index contributed by atoms with van der Waals surface area (Å²) in [5.41, 5.74) is 9.67. The second-order valence-corrected chi connectivity index (χ2v) is 8.54. The summed E-state index contributed by atoms with van der Waals surface area (Å²) in [6, 6.07) is 16.3. The first-order valence-corrected chi connectivity index (χ1v) is 11.1. The van der Waals surface area contributed by atoms with E-state index in [4.69, 9.17) is 10.5 Å². The molecule has 1 saturated heterocycles. The highest BCUT2D eigenvalue weighted by molar-refractivity contribution is 5.82. The molecule has 0 saturated carbocycles. The molecule has 1 aromatic heterocycles. The third-order valence-electron chi connectivity index (χ3n) is 6.35. The molecule has 6 heteroatoms. The zero-order valence-corrected chi connectivity index (χ0v) is 18.8. The van der Waals surface area contributed by atoms with Gasteiger partial charge in [-0.05, 0) is 36.6 Å². The fourth-order valence-corrected chi connectivity index (χ4v) is 4.51. The molecule has 2 N–H and O–H groups in total. The lowest BCUT2D eigenvalue weighted by Gasteiger charge is -2.26. The lowest BCUT2D eigenvalue weighted by molar-refractivity contribution is -0.127. The number of carbonyl (C=O) groups excluding carboxylic acids is 1. The SMILES string of the molecule is CCc1ncc(CN2CC[C@](Cc3ccc(-c4ccccc4OC)cc3)(C(N)=O)C2)cn1. The normalized spacial score (nSPS) is 18.6. The number of benzene rings is 2. The minimum Gasteiger partial charge on any atom is -0.496 e. The molecular formula is C26H30N4O2. The Morgan fingerprint density at radius 1 is 1.09 bits per heavy atom. The topological polar surface area (TPSA) is 81.3 Å². The number of carbonyl (C=O) groups is 1. The van der Waals surface area contributed by atoms with Crippen LogP contribution >= 0.6 is 0 Å². The predicted octanol–water partition coefficient (Wildman–Crippen LogP) is 3.63. The Morgan fingerprint density at radius 2 is 1.81 bits per heavy atom. The number of methoxy groups -OCH3 is 1. The first-order chi connectivity index (χ1) is 15.5. The van der Waals surface area contributed by atoms with Crippen molar-refractivity contribution in [2.45, 2.75) is 32.7 Å². The van der Waals surface area contributed by atoms with Gasteiger partial charge in [-0.1, -0.05) is 49.4 Å². The van der Waals surface area contributed by atoms with Crippen molar-refractivity contribution in [2.24, 2.45) is 11.1 Å². The second-order valence-electron chi connectivity index (χ2n) is 8.54. The van der Waals surface area contributed by atoms with Gasteiger partial charge in [0.25, 0.3) is 0 Å². The van der Waals surface area contributed by atoms with Crippen LogP contribution in [0.1, 0.15) is 30.3 Å². The maximum Gasteiger partial charge on any atom is 0.225 e. The number of aryl methyl sites for hydroxylation is 1. The lowest BCUT2D eigenvalue weighted by atomic mass is 9.80. The van der Waals surface area contributed by atoms with Crippen molar-refractivity contribution in [3.05, 3.63) is 77.9 Å². The van der Waals surface area contributed by atoms with Gasteiger partial charge in [0.1, 0.15) is 11.6 Å². The van der Waals surface area contributed by atoms with Crippen LogP contribution in [0.3, 0.4) is 0 Å². The van der Waals surface area contributed by atoms with Crippen LogP contribution in [0.4, 0.5) is 0 Å². The van der Waals surface area contributed by atoms with Crippen LogP contribution in [0.5, 0.6) is 5.75 Å². The molecule has 0 aliphatic carbocycles. The Balaban J connectivity index is 1.47. The number of para-hydroxylation sites is 1. The van der Waals surface area contributed by atoms with E-state index in [0.717, 1.165) is 59.8 Å². The molecule has 1 aliphatic heterocycles. The Hall–Kier alpha value is -3.25. The number of primary amides is 1. The van der Waals surface area contributed by atoms with Crippen molar-refractivity contribution >= 4 is 5.91 Å². The van der Waals surface area contributed by atoms with Crippen LogP contribution in [0.25, 0.3) is 11.1 Å². The summed E-state index contributed by atoms with van der Waals surface area (Å²) in [7, 11) is 1.68. The maximum absolute atomic E-state index is 12.5. The minimum absolute atomic E-state index is 0.230. The number of likely N-dealkylation sites (tertiary alicyclic amines) is 1. The van der Waals surface area contributed by atoms with Crippen molar-refractivity contribution in [1.29, 1.82) is 0 Å². The second kappa shape index (κ2) is 9.49. The van der Waals surface area contributed by atoms with Gasteiger partial charge in [0.2, 0.25) is 5.91 Å². The monoisotopic (exact) mass is 430 g/mol. The van der Waals surface area contributed by atoms with Crippen LogP contribution in [-0.2, 0) is 24.2 Å². The molecule has 3 aromatic rings. The average molecular weight is 431 g/mol. The molecule has 0 spiro atoms. The van der Waals surface area contributed by atoms with Gasteiger partial charge in [0.05, 0.1) is 12.5 Å². The van der Waals surface area contributed by atoms with Gasteiger partial charge >= 0.3 is 0 Å². The Labute approximate surface area is 189 Å². The van der Waals surface area contributed by atoms with Gasteiger partial charge < -0.3 is 10.5 Å². The summed E-state index contributed by atoms with van der Waals surface area (Å²) < 4.78 is 5.48. The predicted molar refractivity (Wildman–Crippen MR) is 125 cm³/mol. The maximum atomic E-state index is 12.5. The molecule has 4 rings (SSSR count). The number of aromatic nitrogens is 2. The number of hydrogen-bond acceptors (Lipinski definition) is 5. The standard InChI is InChI=1S/C26H30N4O2/c1-3-24-28-15-20(16-29-24)17-30-13-12-26(18-30,25(27)31)14-19-8-10-21(11-9-19)22-6-4-5-7-23(22)32-2/h4-11,15-16H,3,12-14,17-18H2,1-2H3,(H2,27,31)/t26-/m1/s1. The minimum atomic E-state index is -0.559. The molecule has 166 valence electrons. The number of ether oxygens (including phenoxy) is 1. The van der Waals surface area contributed by atoms with Crippen molar-refractivity contribution in [3.8, 4) is 16.9 Å². The van der Waals surface area contributed by atoms with Crippen molar-refractivity contribution < 1.29 is 9.53 Å². The number of rotatable bonds is 8. The third-order valence-corrected chi connectivity index (χ3v) is 6.35. The first-order valence-electron chi connectivity index (χ1n) is 11.1. The summed E-state index contributed by atoms with van der Waals surface area (Å²) in [5, 5.41) is 0. The van der Waals surface area contributed by atoms with Gasteiger partial charge in [-0.2, -0.15) is 0 Å². The summed E-state index contributed by atoms with van der Waals surface area (Å²) in [6.45, 7) is 4.25. The van der Waals surface area contributed by atoms with E-state index < -0.39 is 5.41 Å². The van der Waals surface area contributed by atoms with Crippen molar-refractivity contribution in [2.75, 3.05) is 20.2 Å². The zero-order valence-electron chi connectivity index (χ0n) is 18.8. The Bertz CT molecular complexity index is 1070. The van der Waals surface area contributed by atoms with Crippen LogP contribution in [0, 0.1) is 5.41 Å². The number of nitrogens with two attached hydrogens (primary N) is 1. The molecule has 0 bridgehead atoms. The third kappa shape index (κ3) is 4.65. The highest BCUT2D eigenvalue weighted by Gasteiger charge is 2.43. The molecule has 1 atom stereocenters. The molecule has 0 radical (unpaired) electrons. The molecule has 1 fully saturated rings. The molecule has 6 nitrogen and oxygen atoms in total.